The van der Waals surface area contributed by atoms with E-state index in [1.165, 1.54) is 0 Å². The molecule has 7 nitrogen and oxygen atoms in total. The van der Waals surface area contributed by atoms with Crippen LogP contribution in [-0.2, 0) is 14.3 Å². The summed E-state index contributed by atoms with van der Waals surface area (Å²) in [5, 5.41) is 13.3. The van der Waals surface area contributed by atoms with Gasteiger partial charge in [-0.2, -0.15) is 0 Å². The van der Waals surface area contributed by atoms with Crippen LogP contribution in [0.15, 0.2) is 0 Å². The van der Waals surface area contributed by atoms with Gasteiger partial charge in [0.1, 0.15) is 0 Å². The average molecular weight is 272 g/mol. The fourth-order valence-electron chi connectivity index (χ4n) is 1.87. The summed E-state index contributed by atoms with van der Waals surface area (Å²) in [7, 11) is 0. The zero-order valence-corrected chi connectivity index (χ0v) is 11.0. The Morgan fingerprint density at radius 1 is 1.26 bits per heavy atom. The van der Waals surface area contributed by atoms with Gasteiger partial charge in [-0.05, 0) is 26.2 Å². The van der Waals surface area contributed by atoms with Gasteiger partial charge in [-0.1, -0.05) is 0 Å². The lowest BCUT2D eigenvalue weighted by Gasteiger charge is -2.35. The lowest BCUT2D eigenvalue weighted by Crippen LogP contribution is -2.51. The Kier molecular flexibility index (Phi) is 6.27. The third-order valence-electron chi connectivity index (χ3n) is 2.88. The predicted molar refractivity (Wildman–Crippen MR) is 66.6 cm³/mol. The maximum absolute atomic E-state index is 11.4. The second-order valence-electron chi connectivity index (χ2n) is 4.51. The monoisotopic (exact) mass is 272 g/mol. The summed E-state index contributed by atoms with van der Waals surface area (Å²) >= 11 is 0. The first-order valence-corrected chi connectivity index (χ1v) is 6.45. The Labute approximate surface area is 111 Å². The first kappa shape index (κ1) is 15.4. The molecule has 3 amide bonds. The van der Waals surface area contributed by atoms with E-state index in [1.807, 2.05) is 6.92 Å². The van der Waals surface area contributed by atoms with Crippen molar-refractivity contribution in [3.05, 3.63) is 0 Å². The Hall–Kier alpha value is -1.63. The van der Waals surface area contributed by atoms with Crippen molar-refractivity contribution in [3.8, 4) is 0 Å². The largest absolute Gasteiger partial charge is 0.481 e. The third-order valence-corrected chi connectivity index (χ3v) is 2.88. The molecule has 0 aromatic heterocycles. The van der Waals surface area contributed by atoms with Gasteiger partial charge in [0.05, 0.1) is 6.10 Å². The number of ether oxygens (including phenoxy) is 1. The SMILES string of the molecule is CCOC1CC(NC(=O)NC(=O)CCCC(=O)O)C1. The van der Waals surface area contributed by atoms with Crippen molar-refractivity contribution in [2.45, 2.75) is 51.2 Å². The number of aliphatic carboxylic acids is 1. The van der Waals surface area contributed by atoms with E-state index in [9.17, 15) is 14.4 Å². The Morgan fingerprint density at radius 2 is 1.95 bits per heavy atom. The summed E-state index contributed by atoms with van der Waals surface area (Å²) in [6.45, 7) is 2.58. The van der Waals surface area contributed by atoms with Crippen LogP contribution >= 0.6 is 0 Å². The van der Waals surface area contributed by atoms with Crippen molar-refractivity contribution in [2.24, 2.45) is 0 Å². The highest BCUT2D eigenvalue weighted by Crippen LogP contribution is 2.22. The van der Waals surface area contributed by atoms with Gasteiger partial charge in [0.15, 0.2) is 0 Å². The summed E-state index contributed by atoms with van der Waals surface area (Å²) < 4.78 is 5.35. The molecule has 7 heteroatoms. The number of carboxylic acids is 1. The highest BCUT2D eigenvalue weighted by atomic mass is 16.5. The van der Waals surface area contributed by atoms with Gasteiger partial charge in [0.2, 0.25) is 5.91 Å². The number of nitrogens with one attached hydrogen (secondary N) is 2. The van der Waals surface area contributed by atoms with Crippen LogP contribution in [0.2, 0.25) is 0 Å². The standard InChI is InChI=1S/C12H20N2O5/c1-2-19-9-6-8(7-9)13-12(18)14-10(15)4-3-5-11(16)17/h8-9H,2-7H2,1H3,(H,16,17)(H2,13,14,15,18). The summed E-state index contributed by atoms with van der Waals surface area (Å²) in [6.07, 6.45) is 1.90. The van der Waals surface area contributed by atoms with E-state index in [4.69, 9.17) is 9.84 Å². The van der Waals surface area contributed by atoms with E-state index < -0.39 is 17.9 Å². The van der Waals surface area contributed by atoms with Crippen LogP contribution in [0.4, 0.5) is 4.79 Å². The van der Waals surface area contributed by atoms with Crippen LogP contribution in [-0.4, -0.2) is 41.8 Å². The highest BCUT2D eigenvalue weighted by Gasteiger charge is 2.30. The van der Waals surface area contributed by atoms with Crippen LogP contribution < -0.4 is 10.6 Å². The fourth-order valence-corrected chi connectivity index (χ4v) is 1.87. The minimum Gasteiger partial charge on any atom is -0.481 e. The molecular weight excluding hydrogens is 252 g/mol. The fraction of sp³-hybridized carbons (Fsp3) is 0.750. The van der Waals surface area contributed by atoms with Crippen LogP contribution in [0.25, 0.3) is 0 Å². The first-order valence-electron chi connectivity index (χ1n) is 6.45. The molecule has 0 aromatic carbocycles. The van der Waals surface area contributed by atoms with Crippen molar-refractivity contribution in [2.75, 3.05) is 6.61 Å². The van der Waals surface area contributed by atoms with Gasteiger partial charge >= 0.3 is 12.0 Å². The molecule has 3 N–H and O–H groups in total. The van der Waals surface area contributed by atoms with Gasteiger partial charge in [0, 0.05) is 25.5 Å². The quantitative estimate of drug-likeness (QED) is 0.630. The summed E-state index contributed by atoms with van der Waals surface area (Å²) in [4.78, 5) is 33.0. The molecule has 0 aromatic rings. The molecule has 0 spiro atoms. The zero-order valence-electron chi connectivity index (χ0n) is 11.0. The molecule has 0 aliphatic heterocycles. The molecule has 0 atom stereocenters. The molecule has 0 bridgehead atoms. The molecule has 19 heavy (non-hydrogen) atoms. The number of imide groups is 1. The zero-order chi connectivity index (χ0) is 14.3. The second-order valence-corrected chi connectivity index (χ2v) is 4.51. The molecule has 108 valence electrons. The van der Waals surface area contributed by atoms with Gasteiger partial charge in [-0.25, -0.2) is 4.79 Å². The van der Waals surface area contributed by atoms with Gasteiger partial charge in [-0.15, -0.1) is 0 Å². The number of carbonyl (C=O) groups excluding carboxylic acids is 2. The normalized spacial score (nSPS) is 21.3. The molecule has 1 rings (SSSR count). The third kappa shape index (κ3) is 6.19. The molecule has 0 unspecified atom stereocenters. The Bertz CT molecular complexity index is 339. The smallest absolute Gasteiger partial charge is 0.321 e. The molecular formula is C12H20N2O5. The second kappa shape index (κ2) is 7.73. The topological polar surface area (TPSA) is 105 Å². The molecule has 1 fully saturated rings. The number of hydrogen-bond acceptors (Lipinski definition) is 4. The number of hydrogen-bond donors (Lipinski definition) is 3. The lowest BCUT2D eigenvalue weighted by atomic mass is 9.89. The predicted octanol–water partition coefficient (Wildman–Crippen LogP) is 0.635. The Balaban J connectivity index is 2.08. The van der Waals surface area contributed by atoms with E-state index >= 15 is 0 Å². The van der Waals surface area contributed by atoms with E-state index in [1.54, 1.807) is 0 Å². The molecule has 1 aliphatic carbocycles. The molecule has 0 radical (unpaired) electrons. The minimum atomic E-state index is -0.950. The van der Waals surface area contributed by atoms with Gasteiger partial charge < -0.3 is 15.2 Å². The molecule has 0 heterocycles. The van der Waals surface area contributed by atoms with Crippen molar-refractivity contribution in [3.63, 3.8) is 0 Å². The lowest BCUT2D eigenvalue weighted by molar-refractivity contribution is -0.137. The maximum Gasteiger partial charge on any atom is 0.321 e. The number of carbonyl (C=O) groups is 3. The summed E-state index contributed by atoms with van der Waals surface area (Å²) in [5.74, 6) is -1.41. The average Bonchev–Trinajstić information content (AvgIpc) is 2.25. The minimum absolute atomic E-state index is 0.0337. The number of carboxylic acid groups (broad SMARTS) is 1. The van der Waals surface area contributed by atoms with Crippen LogP contribution in [0.3, 0.4) is 0 Å². The van der Waals surface area contributed by atoms with Crippen LogP contribution in [0.1, 0.15) is 39.0 Å². The number of urea groups is 1. The molecule has 1 aliphatic rings. The van der Waals surface area contributed by atoms with Crippen molar-refractivity contribution < 1.29 is 24.2 Å². The number of amides is 3. The van der Waals surface area contributed by atoms with E-state index in [0.29, 0.717) is 6.61 Å². The molecule has 1 saturated carbocycles. The van der Waals surface area contributed by atoms with Gasteiger partial charge in [0.25, 0.3) is 0 Å². The van der Waals surface area contributed by atoms with Crippen molar-refractivity contribution in [1.29, 1.82) is 0 Å². The summed E-state index contributed by atoms with van der Waals surface area (Å²) in [6, 6.07) is -0.483. The van der Waals surface area contributed by atoms with Crippen LogP contribution in [0.5, 0.6) is 0 Å². The van der Waals surface area contributed by atoms with E-state index in [0.717, 1.165) is 12.8 Å². The Morgan fingerprint density at radius 3 is 2.53 bits per heavy atom. The van der Waals surface area contributed by atoms with E-state index in [-0.39, 0.29) is 31.4 Å². The van der Waals surface area contributed by atoms with Crippen molar-refractivity contribution >= 4 is 17.9 Å². The summed E-state index contributed by atoms with van der Waals surface area (Å²) in [5.41, 5.74) is 0. The highest BCUT2D eigenvalue weighted by molar-refractivity contribution is 5.94. The van der Waals surface area contributed by atoms with E-state index in [2.05, 4.69) is 10.6 Å². The van der Waals surface area contributed by atoms with Gasteiger partial charge in [-0.3, -0.25) is 14.9 Å². The first-order chi connectivity index (χ1) is 9.01. The van der Waals surface area contributed by atoms with Crippen LogP contribution in [0, 0.1) is 0 Å². The number of rotatable bonds is 7. The van der Waals surface area contributed by atoms with Crippen molar-refractivity contribution in [1.82, 2.24) is 10.6 Å². The molecule has 0 saturated heterocycles. The maximum atomic E-state index is 11.4.